The van der Waals surface area contributed by atoms with Gasteiger partial charge < -0.3 is 9.64 Å². The van der Waals surface area contributed by atoms with Gasteiger partial charge in [0.2, 0.25) is 0 Å². The van der Waals surface area contributed by atoms with E-state index in [1.165, 1.54) is 24.3 Å². The van der Waals surface area contributed by atoms with Crippen LogP contribution in [0, 0.1) is 0 Å². The van der Waals surface area contributed by atoms with Gasteiger partial charge in [-0.05, 0) is 36.4 Å². The molecule has 1 saturated heterocycles. The van der Waals surface area contributed by atoms with E-state index in [0.29, 0.717) is 36.5 Å². The van der Waals surface area contributed by atoms with E-state index in [9.17, 15) is 22.8 Å². The highest BCUT2D eigenvalue weighted by Crippen LogP contribution is 2.24. The molecule has 0 spiro atoms. The Morgan fingerprint density at radius 3 is 2.10 bits per heavy atom. The molecule has 1 heterocycles. The number of carbonyl (C=O) groups excluding carboxylic acids is 2. The minimum atomic E-state index is -4.37. The molecule has 0 N–H and O–H groups in total. The lowest BCUT2D eigenvalue weighted by Gasteiger charge is -2.32. The molecule has 2 aromatic carbocycles. The van der Waals surface area contributed by atoms with Gasteiger partial charge in [-0.2, -0.15) is 13.2 Å². The molecule has 8 heteroatoms. The number of benzene rings is 2. The van der Waals surface area contributed by atoms with Crippen LogP contribution in [-0.2, 0) is 0 Å². The van der Waals surface area contributed by atoms with E-state index >= 15 is 0 Å². The van der Waals surface area contributed by atoms with Crippen LogP contribution in [0.4, 0.5) is 13.2 Å². The summed E-state index contributed by atoms with van der Waals surface area (Å²) in [6, 6.07) is 12.9. The molecule has 0 radical (unpaired) electrons. The number of halogens is 4. The van der Waals surface area contributed by atoms with E-state index in [1.807, 2.05) is 0 Å². The van der Waals surface area contributed by atoms with Crippen LogP contribution in [0.15, 0.2) is 48.5 Å². The van der Waals surface area contributed by atoms with Crippen molar-refractivity contribution in [2.45, 2.75) is 38.0 Å². The maximum absolute atomic E-state index is 12.7. The van der Waals surface area contributed by atoms with Crippen LogP contribution >= 0.6 is 11.6 Å². The molecule has 2 aromatic rings. The number of hydrogen-bond donors (Lipinski definition) is 0. The van der Waals surface area contributed by atoms with Crippen molar-refractivity contribution in [2.75, 3.05) is 13.1 Å². The molecular formula is C22H21ClF3NO3. The molecule has 3 rings (SSSR count). The van der Waals surface area contributed by atoms with E-state index in [0.717, 1.165) is 5.75 Å². The standard InChI is InChI=1S/C22H21ClF3NO3/c23-17-5-7-18(8-6-17)30-19-10-13-27(14-11-19)21(29)16-3-1-15(2-4-16)20(28)9-12-22(24,25)26/h1-8,19H,9-14H2. The predicted molar refractivity (Wildman–Crippen MR) is 107 cm³/mol. The first kappa shape index (κ1) is 22.2. The summed E-state index contributed by atoms with van der Waals surface area (Å²) in [5.74, 6) is -0.0318. The fourth-order valence-electron chi connectivity index (χ4n) is 3.26. The number of likely N-dealkylation sites (tertiary alicyclic amines) is 1. The van der Waals surface area contributed by atoms with Crippen LogP contribution in [0.5, 0.6) is 5.75 Å². The van der Waals surface area contributed by atoms with Crippen molar-refractivity contribution in [2.24, 2.45) is 0 Å². The summed E-state index contributed by atoms with van der Waals surface area (Å²) in [6.45, 7) is 1.06. The first-order valence-electron chi connectivity index (χ1n) is 9.63. The van der Waals surface area contributed by atoms with Crippen molar-refractivity contribution < 1.29 is 27.5 Å². The molecule has 1 aliphatic rings. The molecular weight excluding hydrogens is 419 g/mol. The summed E-state index contributed by atoms with van der Waals surface area (Å²) in [5, 5.41) is 0.635. The maximum Gasteiger partial charge on any atom is 0.389 e. The molecule has 0 atom stereocenters. The smallest absolute Gasteiger partial charge is 0.389 e. The zero-order valence-electron chi connectivity index (χ0n) is 16.1. The number of nitrogens with zero attached hydrogens (tertiary/aromatic N) is 1. The number of hydrogen-bond acceptors (Lipinski definition) is 3. The monoisotopic (exact) mass is 439 g/mol. The molecule has 0 saturated carbocycles. The Kier molecular flexibility index (Phi) is 7.02. The Hall–Kier alpha value is -2.54. The Labute approximate surface area is 177 Å². The van der Waals surface area contributed by atoms with Gasteiger partial charge in [0.25, 0.3) is 5.91 Å². The number of alkyl halides is 3. The van der Waals surface area contributed by atoms with Gasteiger partial charge in [-0.1, -0.05) is 23.7 Å². The lowest BCUT2D eigenvalue weighted by molar-refractivity contribution is -0.133. The first-order valence-corrected chi connectivity index (χ1v) is 10.0. The Morgan fingerprint density at radius 2 is 1.53 bits per heavy atom. The van der Waals surface area contributed by atoms with Gasteiger partial charge in [-0.15, -0.1) is 0 Å². The normalized spacial score (nSPS) is 15.1. The van der Waals surface area contributed by atoms with Gasteiger partial charge in [-0.25, -0.2) is 0 Å². The van der Waals surface area contributed by atoms with Crippen molar-refractivity contribution in [3.05, 3.63) is 64.7 Å². The van der Waals surface area contributed by atoms with Crippen LogP contribution in [0.25, 0.3) is 0 Å². The fraction of sp³-hybridized carbons (Fsp3) is 0.364. The van der Waals surface area contributed by atoms with E-state index < -0.39 is 24.8 Å². The van der Waals surface area contributed by atoms with Crippen LogP contribution < -0.4 is 4.74 Å². The second-order valence-electron chi connectivity index (χ2n) is 7.18. The zero-order chi connectivity index (χ0) is 21.7. The predicted octanol–water partition coefficient (Wildman–Crippen LogP) is 5.55. The number of ketones is 1. The van der Waals surface area contributed by atoms with Gasteiger partial charge in [0.1, 0.15) is 11.9 Å². The van der Waals surface area contributed by atoms with Crippen LogP contribution in [-0.4, -0.2) is 42.0 Å². The van der Waals surface area contributed by atoms with Gasteiger partial charge in [0, 0.05) is 48.5 Å². The summed E-state index contributed by atoms with van der Waals surface area (Å²) in [4.78, 5) is 26.3. The number of Topliss-reactive ketones (excluding diaryl/α,β-unsaturated/α-hetero) is 1. The van der Waals surface area contributed by atoms with E-state index in [2.05, 4.69) is 0 Å². The third kappa shape index (κ3) is 6.23. The van der Waals surface area contributed by atoms with Crippen LogP contribution in [0.2, 0.25) is 5.02 Å². The minimum Gasteiger partial charge on any atom is -0.490 e. The molecule has 0 bridgehead atoms. The average Bonchev–Trinajstić information content (AvgIpc) is 2.73. The largest absolute Gasteiger partial charge is 0.490 e. The lowest BCUT2D eigenvalue weighted by Crippen LogP contribution is -2.41. The van der Waals surface area contributed by atoms with Crippen molar-refractivity contribution >= 4 is 23.3 Å². The molecule has 1 fully saturated rings. The van der Waals surface area contributed by atoms with Gasteiger partial charge in [0.15, 0.2) is 5.78 Å². The Morgan fingerprint density at radius 1 is 0.967 bits per heavy atom. The average molecular weight is 440 g/mol. The molecule has 0 aromatic heterocycles. The molecule has 160 valence electrons. The third-order valence-electron chi connectivity index (χ3n) is 4.93. The maximum atomic E-state index is 12.7. The molecule has 1 amide bonds. The van der Waals surface area contributed by atoms with E-state index in [4.69, 9.17) is 16.3 Å². The summed E-state index contributed by atoms with van der Waals surface area (Å²) < 4.78 is 42.7. The fourth-order valence-corrected chi connectivity index (χ4v) is 3.39. The Balaban J connectivity index is 1.51. The lowest BCUT2D eigenvalue weighted by atomic mass is 10.0. The summed E-state index contributed by atoms with van der Waals surface area (Å²) in [7, 11) is 0. The summed E-state index contributed by atoms with van der Waals surface area (Å²) >= 11 is 5.86. The van der Waals surface area contributed by atoms with Crippen molar-refractivity contribution in [3.8, 4) is 5.75 Å². The topological polar surface area (TPSA) is 46.6 Å². The number of carbonyl (C=O) groups is 2. The highest BCUT2D eigenvalue weighted by atomic mass is 35.5. The SMILES string of the molecule is O=C(CCC(F)(F)F)c1ccc(C(=O)N2CCC(Oc3ccc(Cl)cc3)CC2)cc1. The number of piperidine rings is 1. The minimum absolute atomic E-state index is 0.00357. The molecule has 1 aliphatic heterocycles. The first-order chi connectivity index (χ1) is 14.2. The second-order valence-corrected chi connectivity index (χ2v) is 7.62. The van der Waals surface area contributed by atoms with Crippen LogP contribution in [0.3, 0.4) is 0 Å². The van der Waals surface area contributed by atoms with E-state index in [-0.39, 0.29) is 17.6 Å². The summed E-state index contributed by atoms with van der Waals surface area (Å²) in [5.41, 5.74) is 0.574. The van der Waals surface area contributed by atoms with Gasteiger partial charge >= 0.3 is 6.18 Å². The highest BCUT2D eigenvalue weighted by Gasteiger charge is 2.28. The van der Waals surface area contributed by atoms with Crippen molar-refractivity contribution in [3.63, 3.8) is 0 Å². The van der Waals surface area contributed by atoms with Crippen LogP contribution in [0.1, 0.15) is 46.4 Å². The Bertz CT molecular complexity index is 874. The van der Waals surface area contributed by atoms with Crippen molar-refractivity contribution in [1.82, 2.24) is 4.90 Å². The number of amides is 1. The zero-order valence-corrected chi connectivity index (χ0v) is 16.9. The molecule has 4 nitrogen and oxygen atoms in total. The van der Waals surface area contributed by atoms with Crippen molar-refractivity contribution in [1.29, 1.82) is 0 Å². The number of ether oxygens (including phenoxy) is 1. The third-order valence-corrected chi connectivity index (χ3v) is 5.19. The van der Waals surface area contributed by atoms with E-state index in [1.54, 1.807) is 29.2 Å². The highest BCUT2D eigenvalue weighted by molar-refractivity contribution is 6.30. The molecule has 0 unspecified atom stereocenters. The second kappa shape index (κ2) is 9.51. The molecule has 0 aliphatic carbocycles. The quantitative estimate of drug-likeness (QED) is 0.554. The van der Waals surface area contributed by atoms with Gasteiger partial charge in [0.05, 0.1) is 6.42 Å². The molecule has 30 heavy (non-hydrogen) atoms. The van der Waals surface area contributed by atoms with Gasteiger partial charge in [-0.3, -0.25) is 9.59 Å². The number of rotatable bonds is 6. The summed E-state index contributed by atoms with van der Waals surface area (Å²) in [6.07, 6.45) is -4.75.